The largest absolute Gasteiger partial charge is 0.426 e. The van der Waals surface area contributed by atoms with Crippen molar-refractivity contribution in [3.05, 3.63) is 63.0 Å². The molecule has 6 heteroatoms. The van der Waals surface area contributed by atoms with Crippen molar-refractivity contribution < 1.29 is 14.3 Å². The lowest BCUT2D eigenvalue weighted by atomic mass is 10.1. The van der Waals surface area contributed by atoms with E-state index >= 15 is 0 Å². The predicted octanol–water partition coefficient (Wildman–Crippen LogP) is 4.02. The van der Waals surface area contributed by atoms with Crippen molar-refractivity contribution in [3.63, 3.8) is 0 Å². The fraction of sp³-hybridized carbons (Fsp3) is 0.0625. The number of para-hydroxylation sites is 1. The number of carbonyl (C=O) groups excluding carboxylic acids is 2. The molecule has 2 aromatic carbocycles. The van der Waals surface area contributed by atoms with Gasteiger partial charge in [-0.25, -0.2) is 4.85 Å². The number of rotatable bonds is 3. The Morgan fingerprint density at radius 3 is 2.64 bits per heavy atom. The summed E-state index contributed by atoms with van der Waals surface area (Å²) in [5, 5.41) is 2.67. The first-order chi connectivity index (χ1) is 10.5. The monoisotopic (exact) mass is 406 g/mol. The maximum absolute atomic E-state index is 12.4. The first kappa shape index (κ1) is 16.0. The van der Waals surface area contributed by atoms with Crippen LogP contribution in [-0.2, 0) is 4.79 Å². The van der Waals surface area contributed by atoms with Crippen LogP contribution in [-0.4, -0.2) is 11.9 Å². The second-order valence-corrected chi connectivity index (χ2v) is 5.56. The van der Waals surface area contributed by atoms with E-state index in [9.17, 15) is 9.59 Å². The molecule has 0 aliphatic carbocycles. The molecule has 5 nitrogen and oxygen atoms in total. The highest BCUT2D eigenvalue weighted by atomic mass is 127. The number of benzene rings is 2. The van der Waals surface area contributed by atoms with Gasteiger partial charge in [-0.05, 0) is 52.9 Å². The van der Waals surface area contributed by atoms with Crippen LogP contribution >= 0.6 is 22.6 Å². The van der Waals surface area contributed by atoms with Gasteiger partial charge < -0.3 is 10.1 Å². The molecule has 0 aliphatic rings. The van der Waals surface area contributed by atoms with Crippen LogP contribution < -0.4 is 10.1 Å². The maximum Gasteiger partial charge on any atom is 0.308 e. The molecule has 22 heavy (non-hydrogen) atoms. The second-order valence-electron chi connectivity index (χ2n) is 4.32. The van der Waals surface area contributed by atoms with Gasteiger partial charge >= 0.3 is 5.97 Å². The van der Waals surface area contributed by atoms with Crippen molar-refractivity contribution >= 4 is 45.8 Å². The van der Waals surface area contributed by atoms with Gasteiger partial charge in [0.15, 0.2) is 0 Å². The van der Waals surface area contributed by atoms with Gasteiger partial charge in [0.1, 0.15) is 5.75 Å². The van der Waals surface area contributed by atoms with E-state index in [-0.39, 0.29) is 11.3 Å². The van der Waals surface area contributed by atoms with Gasteiger partial charge in [0, 0.05) is 16.2 Å². The summed E-state index contributed by atoms with van der Waals surface area (Å²) in [6.45, 7) is 8.43. The molecule has 0 atom stereocenters. The van der Waals surface area contributed by atoms with E-state index in [1.807, 2.05) is 0 Å². The molecule has 0 saturated carbocycles. The minimum Gasteiger partial charge on any atom is -0.426 e. The molecule has 0 aromatic heterocycles. The quantitative estimate of drug-likeness (QED) is 0.363. The smallest absolute Gasteiger partial charge is 0.308 e. The number of nitrogens with one attached hydrogen (secondary N) is 1. The topological polar surface area (TPSA) is 59.8 Å². The van der Waals surface area contributed by atoms with E-state index in [4.69, 9.17) is 11.3 Å². The molecule has 0 fully saturated rings. The molecule has 0 unspecified atom stereocenters. The number of carbonyl (C=O) groups is 2. The molecule has 2 aromatic rings. The fourth-order valence-corrected chi connectivity index (χ4v) is 2.27. The van der Waals surface area contributed by atoms with Crippen molar-refractivity contribution in [1.29, 1.82) is 0 Å². The van der Waals surface area contributed by atoms with E-state index in [0.29, 0.717) is 11.4 Å². The van der Waals surface area contributed by atoms with Crippen LogP contribution in [0.2, 0.25) is 0 Å². The first-order valence-corrected chi connectivity index (χ1v) is 7.35. The predicted molar refractivity (Wildman–Crippen MR) is 91.1 cm³/mol. The van der Waals surface area contributed by atoms with Gasteiger partial charge in [-0.1, -0.05) is 12.1 Å². The number of anilines is 1. The summed E-state index contributed by atoms with van der Waals surface area (Å²) in [5.74, 6) is -0.762. The van der Waals surface area contributed by atoms with Crippen LogP contribution in [0, 0.1) is 10.1 Å². The van der Waals surface area contributed by atoms with Crippen molar-refractivity contribution in [2.75, 3.05) is 5.32 Å². The Labute approximate surface area is 141 Å². The third-order valence-corrected chi connectivity index (χ3v) is 3.38. The van der Waals surface area contributed by atoms with Crippen LogP contribution in [0.25, 0.3) is 4.85 Å². The molecule has 2 rings (SSSR count). The first-order valence-electron chi connectivity index (χ1n) is 6.27. The highest BCUT2D eigenvalue weighted by Crippen LogP contribution is 2.28. The minimum atomic E-state index is -0.503. The summed E-state index contributed by atoms with van der Waals surface area (Å²) in [6, 6.07) is 11.6. The minimum absolute atomic E-state index is 0.183. The summed E-state index contributed by atoms with van der Waals surface area (Å²) in [4.78, 5) is 26.8. The SMILES string of the molecule is [C-]#[N+]c1cc(I)ccc1NC(=O)c1ccccc1OC(C)=O. The zero-order valence-corrected chi connectivity index (χ0v) is 13.7. The summed E-state index contributed by atoms with van der Waals surface area (Å²) in [7, 11) is 0. The van der Waals surface area contributed by atoms with Gasteiger partial charge in [-0.15, -0.1) is 0 Å². The number of amides is 1. The normalized spacial score (nSPS) is 9.68. The highest BCUT2D eigenvalue weighted by molar-refractivity contribution is 14.1. The Morgan fingerprint density at radius 2 is 1.95 bits per heavy atom. The summed E-state index contributed by atoms with van der Waals surface area (Å²) in [5.41, 5.74) is 0.996. The van der Waals surface area contributed by atoms with Gasteiger partial charge in [-0.3, -0.25) is 9.59 Å². The zero-order valence-electron chi connectivity index (χ0n) is 11.6. The Hall–Kier alpha value is -2.40. The lowest BCUT2D eigenvalue weighted by Crippen LogP contribution is -2.14. The molecular weight excluding hydrogens is 395 g/mol. The molecule has 0 aliphatic heterocycles. The molecule has 0 saturated heterocycles. The summed E-state index contributed by atoms with van der Waals surface area (Å²) in [6.07, 6.45) is 0. The second kappa shape index (κ2) is 7.04. The van der Waals surface area contributed by atoms with Crippen LogP contribution in [0.1, 0.15) is 17.3 Å². The molecule has 0 bridgehead atoms. The van der Waals surface area contributed by atoms with Gasteiger partial charge in [0.25, 0.3) is 5.91 Å². The van der Waals surface area contributed by atoms with Crippen LogP contribution in [0.3, 0.4) is 0 Å². The van der Waals surface area contributed by atoms with E-state index in [1.165, 1.54) is 6.92 Å². The number of halogens is 1. The zero-order chi connectivity index (χ0) is 16.1. The van der Waals surface area contributed by atoms with Crippen molar-refractivity contribution in [3.8, 4) is 5.75 Å². The van der Waals surface area contributed by atoms with E-state index in [2.05, 4.69) is 32.8 Å². The molecule has 0 spiro atoms. The lowest BCUT2D eigenvalue weighted by molar-refractivity contribution is -0.131. The van der Waals surface area contributed by atoms with Crippen molar-refractivity contribution in [2.45, 2.75) is 6.92 Å². The van der Waals surface area contributed by atoms with Crippen LogP contribution in [0.4, 0.5) is 11.4 Å². The third kappa shape index (κ3) is 3.83. The standard InChI is InChI=1S/C16H11IN2O3/c1-10(20)22-15-6-4-3-5-12(15)16(21)19-13-8-7-11(17)9-14(13)18-2/h3-9H,1H3,(H,19,21). The fourth-order valence-electron chi connectivity index (χ4n) is 1.79. The highest BCUT2D eigenvalue weighted by Gasteiger charge is 2.15. The Morgan fingerprint density at radius 1 is 1.23 bits per heavy atom. The Bertz CT molecular complexity index is 781. The third-order valence-electron chi connectivity index (χ3n) is 2.71. The van der Waals surface area contributed by atoms with Crippen LogP contribution in [0.15, 0.2) is 42.5 Å². The molecule has 1 N–H and O–H groups in total. The lowest BCUT2D eigenvalue weighted by Gasteiger charge is -2.10. The van der Waals surface area contributed by atoms with E-state index < -0.39 is 11.9 Å². The molecule has 0 heterocycles. The number of hydrogen-bond acceptors (Lipinski definition) is 3. The van der Waals surface area contributed by atoms with Crippen LogP contribution in [0.5, 0.6) is 5.75 Å². The van der Waals surface area contributed by atoms with Crippen molar-refractivity contribution in [1.82, 2.24) is 0 Å². The average molecular weight is 406 g/mol. The maximum atomic E-state index is 12.4. The van der Waals surface area contributed by atoms with E-state index in [1.54, 1.807) is 42.5 Å². The number of nitrogens with zero attached hydrogens (tertiary/aromatic N) is 1. The number of esters is 1. The summed E-state index contributed by atoms with van der Waals surface area (Å²) < 4.78 is 5.92. The summed E-state index contributed by atoms with van der Waals surface area (Å²) >= 11 is 2.10. The molecule has 110 valence electrons. The number of ether oxygens (including phenoxy) is 1. The van der Waals surface area contributed by atoms with Gasteiger partial charge in [0.2, 0.25) is 5.69 Å². The van der Waals surface area contributed by atoms with Gasteiger partial charge in [-0.2, -0.15) is 0 Å². The average Bonchev–Trinajstić information content (AvgIpc) is 2.48. The Balaban J connectivity index is 2.31. The molecule has 0 radical (unpaired) electrons. The molecule has 1 amide bonds. The number of hydrogen-bond donors (Lipinski definition) is 1. The molecular formula is C16H11IN2O3. The van der Waals surface area contributed by atoms with E-state index in [0.717, 1.165) is 3.57 Å². The van der Waals surface area contributed by atoms with Crippen molar-refractivity contribution in [2.24, 2.45) is 0 Å². The Kier molecular flexibility index (Phi) is 5.12. The van der Waals surface area contributed by atoms with Gasteiger partial charge in [0.05, 0.1) is 12.1 Å².